The van der Waals surface area contributed by atoms with Crippen LogP contribution in [-0.4, -0.2) is 11.3 Å². The van der Waals surface area contributed by atoms with Gasteiger partial charge in [-0.1, -0.05) is 23.8 Å². The Morgan fingerprint density at radius 3 is 2.67 bits per heavy atom. The summed E-state index contributed by atoms with van der Waals surface area (Å²) in [4.78, 5) is 3.38. The Bertz CT molecular complexity index is 262. The minimum atomic E-state index is -4.41. The van der Waals surface area contributed by atoms with Gasteiger partial charge in [0.25, 0.3) is 0 Å². The highest BCUT2D eigenvalue weighted by molar-refractivity contribution is 6.69. The summed E-state index contributed by atoms with van der Waals surface area (Å²) < 4.78 is 36.3. The average molecular weight is 196 g/mol. The van der Waals surface area contributed by atoms with Crippen molar-refractivity contribution in [1.82, 2.24) is 0 Å². The van der Waals surface area contributed by atoms with E-state index in [2.05, 4.69) is 4.99 Å². The highest BCUT2D eigenvalue weighted by Crippen LogP contribution is 2.29. The summed E-state index contributed by atoms with van der Waals surface area (Å²) in [6.45, 7) is 0. The molecule has 0 saturated heterocycles. The lowest BCUT2D eigenvalue weighted by Gasteiger charge is -2.07. The molecule has 1 aliphatic rings. The van der Waals surface area contributed by atoms with Gasteiger partial charge in [0.1, 0.15) is 5.17 Å². The Hall–Kier alpha value is -0.770. The van der Waals surface area contributed by atoms with Crippen LogP contribution in [0.4, 0.5) is 13.2 Å². The van der Waals surface area contributed by atoms with Gasteiger partial charge in [0, 0.05) is 6.20 Å². The van der Waals surface area contributed by atoms with Gasteiger partial charge in [-0.2, -0.15) is 13.2 Å². The molecule has 1 aliphatic heterocycles. The van der Waals surface area contributed by atoms with Gasteiger partial charge in [-0.3, -0.25) is 0 Å². The summed E-state index contributed by atoms with van der Waals surface area (Å²) >= 11 is 5.28. The molecule has 0 aromatic heterocycles. The summed E-state index contributed by atoms with van der Waals surface area (Å²) in [5, 5.41) is -0.503. The van der Waals surface area contributed by atoms with Gasteiger partial charge in [-0.25, -0.2) is 4.99 Å². The summed E-state index contributed by atoms with van der Waals surface area (Å²) in [6.07, 6.45) is -0.435. The second-order valence-electron chi connectivity index (χ2n) is 2.16. The largest absolute Gasteiger partial charge is 0.419 e. The molecule has 0 atom stereocenters. The minimum Gasteiger partial charge on any atom is -0.244 e. The van der Waals surface area contributed by atoms with Crippen molar-refractivity contribution in [2.75, 3.05) is 0 Å². The summed E-state index contributed by atoms with van der Waals surface area (Å²) in [5.74, 6) is 0. The molecule has 0 N–H and O–H groups in total. The van der Waals surface area contributed by atoms with E-state index in [0.29, 0.717) is 0 Å². The van der Waals surface area contributed by atoms with Gasteiger partial charge in [-0.15, -0.1) is 0 Å². The van der Waals surface area contributed by atoms with Crippen LogP contribution >= 0.6 is 11.6 Å². The Kier molecular flexibility index (Phi) is 2.57. The van der Waals surface area contributed by atoms with Crippen LogP contribution in [0.3, 0.4) is 0 Å². The van der Waals surface area contributed by atoms with Crippen LogP contribution in [0.2, 0.25) is 0 Å². The third-order valence-corrected chi connectivity index (χ3v) is 1.58. The second kappa shape index (κ2) is 3.31. The number of aliphatic imine (C=N–C) groups is 1. The zero-order valence-corrected chi connectivity index (χ0v) is 6.65. The summed E-state index contributed by atoms with van der Waals surface area (Å²) in [6, 6.07) is 0. The van der Waals surface area contributed by atoms with Gasteiger partial charge in [0.2, 0.25) is 0 Å². The molecule has 66 valence electrons. The van der Waals surface area contributed by atoms with Crippen molar-refractivity contribution in [3.63, 3.8) is 0 Å². The third kappa shape index (κ3) is 2.11. The highest BCUT2D eigenvalue weighted by Gasteiger charge is 2.36. The lowest BCUT2D eigenvalue weighted by Crippen LogP contribution is -2.16. The molecule has 0 radical (unpaired) electrons. The summed E-state index contributed by atoms with van der Waals surface area (Å²) in [5.41, 5.74) is -0.867. The van der Waals surface area contributed by atoms with Crippen molar-refractivity contribution in [1.29, 1.82) is 0 Å². The van der Waals surface area contributed by atoms with Gasteiger partial charge < -0.3 is 0 Å². The predicted molar refractivity (Wildman–Crippen MR) is 41.2 cm³/mol. The van der Waals surface area contributed by atoms with E-state index >= 15 is 0 Å². The zero-order valence-electron chi connectivity index (χ0n) is 5.90. The van der Waals surface area contributed by atoms with Crippen LogP contribution in [0, 0.1) is 0 Å². The molecule has 12 heavy (non-hydrogen) atoms. The van der Waals surface area contributed by atoms with E-state index in [0.717, 1.165) is 6.08 Å². The molecule has 0 unspecified atom stereocenters. The second-order valence-corrected chi connectivity index (χ2v) is 2.51. The Morgan fingerprint density at radius 1 is 1.42 bits per heavy atom. The smallest absolute Gasteiger partial charge is 0.244 e. The Morgan fingerprint density at radius 2 is 2.08 bits per heavy atom. The molecule has 0 aromatic carbocycles. The molecule has 0 fully saturated rings. The molecule has 0 bridgehead atoms. The van der Waals surface area contributed by atoms with Crippen LogP contribution < -0.4 is 0 Å². The standard InChI is InChI=1S/C7H5ClF3N/c8-6-5(7(9,10)11)3-1-2-4-12-6/h2-4H,1H2. The minimum absolute atomic E-state index is 0.203. The molecule has 5 heteroatoms. The van der Waals surface area contributed by atoms with Crippen LogP contribution in [0.15, 0.2) is 28.9 Å². The highest BCUT2D eigenvalue weighted by atomic mass is 35.5. The molecule has 1 rings (SSSR count). The normalized spacial score (nSPS) is 18.3. The topological polar surface area (TPSA) is 12.4 Å². The Balaban J connectivity index is 2.98. The van der Waals surface area contributed by atoms with E-state index in [1.165, 1.54) is 12.3 Å². The van der Waals surface area contributed by atoms with Crippen LogP contribution in [0.5, 0.6) is 0 Å². The third-order valence-electron chi connectivity index (χ3n) is 1.28. The first-order valence-corrected chi connectivity index (χ1v) is 3.55. The monoisotopic (exact) mass is 195 g/mol. The maximum absolute atomic E-state index is 12.1. The number of halogens is 4. The fourth-order valence-electron chi connectivity index (χ4n) is 0.751. The maximum Gasteiger partial charge on any atom is 0.419 e. The van der Waals surface area contributed by atoms with Crippen LogP contribution in [0.25, 0.3) is 0 Å². The van der Waals surface area contributed by atoms with Crippen molar-refractivity contribution in [2.24, 2.45) is 4.99 Å². The summed E-state index contributed by atoms with van der Waals surface area (Å²) in [7, 11) is 0. The molecule has 0 saturated carbocycles. The van der Waals surface area contributed by atoms with Crippen molar-refractivity contribution >= 4 is 16.8 Å². The first-order valence-electron chi connectivity index (χ1n) is 3.18. The van der Waals surface area contributed by atoms with Gasteiger partial charge in [-0.05, 0) is 6.42 Å². The number of alkyl halides is 3. The fourth-order valence-corrected chi connectivity index (χ4v) is 0.992. The first-order chi connectivity index (χ1) is 5.52. The fraction of sp³-hybridized carbons (Fsp3) is 0.286. The first kappa shape index (κ1) is 9.32. The van der Waals surface area contributed by atoms with E-state index in [-0.39, 0.29) is 6.42 Å². The molecular formula is C7H5ClF3N. The van der Waals surface area contributed by atoms with Gasteiger partial charge in [0.15, 0.2) is 0 Å². The molecule has 0 spiro atoms. The lowest BCUT2D eigenvalue weighted by atomic mass is 10.2. The Labute approximate surface area is 72.2 Å². The van der Waals surface area contributed by atoms with E-state index in [4.69, 9.17) is 11.6 Å². The number of hydrogen-bond donors (Lipinski definition) is 0. The molecular weight excluding hydrogens is 191 g/mol. The van der Waals surface area contributed by atoms with E-state index in [9.17, 15) is 13.2 Å². The van der Waals surface area contributed by atoms with Crippen molar-refractivity contribution in [3.05, 3.63) is 23.9 Å². The van der Waals surface area contributed by atoms with E-state index in [1.54, 1.807) is 0 Å². The quantitative estimate of drug-likeness (QED) is 0.563. The molecule has 0 amide bonds. The number of hydrogen-bond acceptors (Lipinski definition) is 1. The zero-order chi connectivity index (χ0) is 9.19. The number of allylic oxidation sites excluding steroid dienone is 3. The van der Waals surface area contributed by atoms with Crippen LogP contribution in [0.1, 0.15) is 6.42 Å². The molecule has 1 heterocycles. The average Bonchev–Trinajstić information content (AvgIpc) is 2.11. The van der Waals surface area contributed by atoms with Crippen molar-refractivity contribution in [2.45, 2.75) is 12.6 Å². The van der Waals surface area contributed by atoms with Gasteiger partial charge >= 0.3 is 6.18 Å². The van der Waals surface area contributed by atoms with E-state index < -0.39 is 16.9 Å². The predicted octanol–water partition coefficient (Wildman–Crippen LogP) is 3.03. The SMILES string of the molecule is FC(F)(F)C1=CCC=CN=C1Cl. The van der Waals surface area contributed by atoms with Crippen molar-refractivity contribution in [3.8, 4) is 0 Å². The lowest BCUT2D eigenvalue weighted by molar-refractivity contribution is -0.0859. The van der Waals surface area contributed by atoms with Crippen LogP contribution in [-0.2, 0) is 0 Å². The maximum atomic E-state index is 12.1. The van der Waals surface area contributed by atoms with E-state index in [1.807, 2.05) is 0 Å². The van der Waals surface area contributed by atoms with Gasteiger partial charge in [0.05, 0.1) is 5.57 Å². The number of nitrogens with zero attached hydrogens (tertiary/aromatic N) is 1. The number of rotatable bonds is 0. The molecule has 0 aliphatic carbocycles. The molecule has 1 nitrogen and oxygen atoms in total. The van der Waals surface area contributed by atoms with Crippen molar-refractivity contribution < 1.29 is 13.2 Å². The molecule has 0 aromatic rings.